The van der Waals surface area contributed by atoms with E-state index in [-0.39, 0.29) is 0 Å². The van der Waals surface area contributed by atoms with Crippen molar-refractivity contribution < 1.29 is 4.74 Å². The first kappa shape index (κ1) is 11.9. The van der Waals surface area contributed by atoms with Crippen LogP contribution in [0.5, 0.6) is 0 Å². The first-order valence-electron chi connectivity index (χ1n) is 4.91. The molecule has 2 heteroatoms. The van der Waals surface area contributed by atoms with Crippen LogP contribution in [0.1, 0.15) is 33.6 Å². The highest BCUT2D eigenvalue weighted by Crippen LogP contribution is 2.16. The van der Waals surface area contributed by atoms with Gasteiger partial charge in [-0.15, -0.1) is 0 Å². The second-order valence-electron chi connectivity index (χ2n) is 3.33. The van der Waals surface area contributed by atoms with Crippen LogP contribution in [0.15, 0.2) is 0 Å². The molecule has 0 aliphatic rings. The lowest BCUT2D eigenvalue weighted by molar-refractivity contribution is 0.0621. The molecule has 0 rings (SSSR count). The van der Waals surface area contributed by atoms with E-state index in [1.54, 1.807) is 7.11 Å². The van der Waals surface area contributed by atoms with Gasteiger partial charge in [-0.1, -0.05) is 26.7 Å². The third-order valence-corrected chi connectivity index (χ3v) is 2.77. The van der Waals surface area contributed by atoms with Gasteiger partial charge in [-0.05, 0) is 19.9 Å². The topological polar surface area (TPSA) is 21.3 Å². The van der Waals surface area contributed by atoms with E-state index in [9.17, 15) is 0 Å². The van der Waals surface area contributed by atoms with E-state index in [2.05, 4.69) is 26.1 Å². The van der Waals surface area contributed by atoms with Crippen molar-refractivity contribution in [2.75, 3.05) is 14.2 Å². The zero-order valence-electron chi connectivity index (χ0n) is 9.05. The quantitative estimate of drug-likeness (QED) is 0.663. The van der Waals surface area contributed by atoms with Gasteiger partial charge in [-0.3, -0.25) is 0 Å². The number of rotatable bonds is 6. The van der Waals surface area contributed by atoms with Crippen molar-refractivity contribution in [3.8, 4) is 0 Å². The SMILES string of the molecule is CCC(CC)C(NC)C(C)OC. The van der Waals surface area contributed by atoms with E-state index in [4.69, 9.17) is 4.74 Å². The Labute approximate surface area is 76.7 Å². The van der Waals surface area contributed by atoms with Crippen LogP contribution in [0.3, 0.4) is 0 Å². The molecule has 12 heavy (non-hydrogen) atoms. The lowest BCUT2D eigenvalue weighted by atomic mass is 9.91. The molecular weight excluding hydrogens is 150 g/mol. The molecule has 0 aromatic carbocycles. The van der Waals surface area contributed by atoms with Gasteiger partial charge in [0, 0.05) is 13.2 Å². The van der Waals surface area contributed by atoms with Crippen molar-refractivity contribution in [3.63, 3.8) is 0 Å². The molecule has 1 N–H and O–H groups in total. The van der Waals surface area contributed by atoms with Gasteiger partial charge in [0.05, 0.1) is 6.10 Å². The smallest absolute Gasteiger partial charge is 0.0698 e. The lowest BCUT2D eigenvalue weighted by Gasteiger charge is -2.29. The molecule has 2 nitrogen and oxygen atoms in total. The fraction of sp³-hybridized carbons (Fsp3) is 1.00. The maximum atomic E-state index is 5.33. The van der Waals surface area contributed by atoms with E-state index in [1.165, 1.54) is 12.8 Å². The molecule has 0 aromatic rings. The summed E-state index contributed by atoms with van der Waals surface area (Å²) in [4.78, 5) is 0. The summed E-state index contributed by atoms with van der Waals surface area (Å²) in [6, 6.07) is 0.491. The summed E-state index contributed by atoms with van der Waals surface area (Å²) < 4.78 is 5.33. The highest BCUT2D eigenvalue weighted by Gasteiger charge is 2.22. The Bertz CT molecular complexity index is 102. The summed E-state index contributed by atoms with van der Waals surface area (Å²) in [5.41, 5.74) is 0. The van der Waals surface area contributed by atoms with Crippen LogP contribution < -0.4 is 5.32 Å². The lowest BCUT2D eigenvalue weighted by Crippen LogP contribution is -2.42. The van der Waals surface area contributed by atoms with E-state index in [0.29, 0.717) is 12.1 Å². The highest BCUT2D eigenvalue weighted by atomic mass is 16.5. The van der Waals surface area contributed by atoms with Gasteiger partial charge in [0.25, 0.3) is 0 Å². The summed E-state index contributed by atoms with van der Waals surface area (Å²) in [5, 5.41) is 3.33. The Morgan fingerprint density at radius 3 is 2.00 bits per heavy atom. The number of hydrogen-bond donors (Lipinski definition) is 1. The molecule has 74 valence electrons. The normalized spacial score (nSPS) is 16.5. The standard InChI is InChI=1S/C10H23NO/c1-6-9(7-2)10(11-4)8(3)12-5/h8-11H,6-7H2,1-5H3. The molecule has 0 aromatic heterocycles. The minimum atomic E-state index is 0.305. The number of methoxy groups -OCH3 is 1. The minimum Gasteiger partial charge on any atom is -0.380 e. The van der Waals surface area contributed by atoms with Gasteiger partial charge < -0.3 is 10.1 Å². The fourth-order valence-electron chi connectivity index (χ4n) is 1.80. The first-order chi connectivity index (χ1) is 5.71. The molecule has 0 saturated carbocycles. The van der Waals surface area contributed by atoms with Gasteiger partial charge in [-0.25, -0.2) is 0 Å². The van der Waals surface area contributed by atoms with Gasteiger partial charge in [0.2, 0.25) is 0 Å². The van der Waals surface area contributed by atoms with Crippen molar-refractivity contribution in [3.05, 3.63) is 0 Å². The summed E-state index contributed by atoms with van der Waals surface area (Å²) in [6.45, 7) is 6.60. The Kier molecular flexibility index (Phi) is 6.39. The average Bonchev–Trinajstić information content (AvgIpc) is 2.12. The molecule has 2 atom stereocenters. The average molecular weight is 173 g/mol. The van der Waals surface area contributed by atoms with Gasteiger partial charge in [0.1, 0.15) is 0 Å². The molecule has 0 aliphatic carbocycles. The molecule has 0 radical (unpaired) electrons. The molecule has 0 amide bonds. The molecule has 2 unspecified atom stereocenters. The van der Waals surface area contributed by atoms with Crippen molar-refractivity contribution in [1.29, 1.82) is 0 Å². The van der Waals surface area contributed by atoms with E-state index in [1.807, 2.05) is 7.05 Å². The van der Waals surface area contributed by atoms with Crippen molar-refractivity contribution in [1.82, 2.24) is 5.32 Å². The number of ether oxygens (including phenoxy) is 1. The Morgan fingerprint density at radius 1 is 1.25 bits per heavy atom. The Morgan fingerprint density at radius 2 is 1.75 bits per heavy atom. The summed E-state index contributed by atoms with van der Waals surface area (Å²) in [6.07, 6.45) is 2.74. The second kappa shape index (κ2) is 6.44. The largest absolute Gasteiger partial charge is 0.380 e. The Balaban J connectivity index is 4.09. The predicted molar refractivity (Wildman–Crippen MR) is 53.4 cm³/mol. The monoisotopic (exact) mass is 173 g/mol. The fourth-order valence-corrected chi connectivity index (χ4v) is 1.80. The molecule has 0 heterocycles. The number of likely N-dealkylation sites (N-methyl/N-ethyl adjacent to an activating group) is 1. The zero-order valence-corrected chi connectivity index (χ0v) is 9.05. The summed E-state index contributed by atoms with van der Waals surface area (Å²) in [5.74, 6) is 0.727. The van der Waals surface area contributed by atoms with Crippen LogP contribution in [0, 0.1) is 5.92 Å². The summed E-state index contributed by atoms with van der Waals surface area (Å²) in [7, 11) is 3.79. The van der Waals surface area contributed by atoms with Crippen molar-refractivity contribution in [2.45, 2.75) is 45.8 Å². The van der Waals surface area contributed by atoms with Crippen LogP contribution in [0.25, 0.3) is 0 Å². The first-order valence-corrected chi connectivity index (χ1v) is 4.91. The van der Waals surface area contributed by atoms with Crippen molar-refractivity contribution in [2.24, 2.45) is 5.92 Å². The molecule has 0 fully saturated rings. The highest BCUT2D eigenvalue weighted by molar-refractivity contribution is 4.78. The van der Waals surface area contributed by atoms with Crippen LogP contribution in [-0.2, 0) is 4.74 Å². The molecule has 0 aliphatic heterocycles. The number of nitrogens with one attached hydrogen (secondary N) is 1. The molecule has 0 bridgehead atoms. The summed E-state index contributed by atoms with van der Waals surface area (Å²) >= 11 is 0. The maximum absolute atomic E-state index is 5.33. The van der Waals surface area contributed by atoms with Crippen molar-refractivity contribution >= 4 is 0 Å². The van der Waals surface area contributed by atoms with E-state index in [0.717, 1.165) is 5.92 Å². The van der Waals surface area contributed by atoms with Gasteiger partial charge in [0.15, 0.2) is 0 Å². The van der Waals surface area contributed by atoms with E-state index >= 15 is 0 Å². The molecular formula is C10H23NO. The van der Waals surface area contributed by atoms with E-state index < -0.39 is 0 Å². The van der Waals surface area contributed by atoms with Crippen LogP contribution >= 0.6 is 0 Å². The molecule has 0 saturated heterocycles. The van der Waals surface area contributed by atoms with Crippen LogP contribution in [0.4, 0.5) is 0 Å². The minimum absolute atomic E-state index is 0.305. The second-order valence-corrected chi connectivity index (χ2v) is 3.33. The van der Waals surface area contributed by atoms with Crippen LogP contribution in [0.2, 0.25) is 0 Å². The van der Waals surface area contributed by atoms with Gasteiger partial charge in [-0.2, -0.15) is 0 Å². The third-order valence-electron chi connectivity index (χ3n) is 2.77. The third kappa shape index (κ3) is 3.11. The maximum Gasteiger partial charge on any atom is 0.0698 e. The predicted octanol–water partition coefficient (Wildman–Crippen LogP) is 2.05. The zero-order chi connectivity index (χ0) is 9.56. The van der Waals surface area contributed by atoms with Crippen LogP contribution in [-0.4, -0.2) is 26.3 Å². The number of hydrogen-bond acceptors (Lipinski definition) is 2. The Hall–Kier alpha value is -0.0800. The molecule has 0 spiro atoms. The van der Waals surface area contributed by atoms with Gasteiger partial charge >= 0.3 is 0 Å².